The summed E-state index contributed by atoms with van der Waals surface area (Å²) in [5, 5.41) is 0. The summed E-state index contributed by atoms with van der Waals surface area (Å²) in [5.41, 5.74) is 0.974. The Hall–Kier alpha value is -1.65. The van der Waals surface area contributed by atoms with E-state index in [1.165, 1.54) is 0 Å². The first-order valence-electron chi connectivity index (χ1n) is 6.37. The van der Waals surface area contributed by atoms with Crippen LogP contribution in [-0.2, 0) is 4.79 Å². The van der Waals surface area contributed by atoms with Gasteiger partial charge in [-0.05, 0) is 20.3 Å². The van der Waals surface area contributed by atoms with Crippen LogP contribution in [0.2, 0.25) is 0 Å². The molecule has 5 heteroatoms. The van der Waals surface area contributed by atoms with Gasteiger partial charge in [0.05, 0.1) is 0 Å². The molecule has 18 heavy (non-hydrogen) atoms. The molecule has 2 rings (SSSR count). The van der Waals surface area contributed by atoms with Gasteiger partial charge < -0.3 is 9.80 Å². The molecule has 0 radical (unpaired) electrons. The van der Waals surface area contributed by atoms with Gasteiger partial charge in [-0.3, -0.25) is 4.79 Å². The predicted octanol–water partition coefficient (Wildman–Crippen LogP) is 1.15. The van der Waals surface area contributed by atoms with Gasteiger partial charge in [-0.1, -0.05) is 0 Å². The van der Waals surface area contributed by atoms with Crippen molar-refractivity contribution in [2.24, 2.45) is 0 Å². The maximum absolute atomic E-state index is 11.5. The fourth-order valence-electron chi connectivity index (χ4n) is 2.22. The van der Waals surface area contributed by atoms with Crippen molar-refractivity contribution in [3.8, 4) is 0 Å². The molecule has 0 unspecified atom stereocenters. The fourth-order valence-corrected chi connectivity index (χ4v) is 2.22. The number of carbonyl (C=O) groups excluding carboxylic acids is 1. The van der Waals surface area contributed by atoms with E-state index in [0.29, 0.717) is 6.42 Å². The zero-order valence-electron chi connectivity index (χ0n) is 11.3. The number of likely N-dealkylation sites (tertiary alicyclic amines) is 1. The first-order valence-corrected chi connectivity index (χ1v) is 6.37. The molecular weight excluding hydrogens is 228 g/mol. The smallest absolute Gasteiger partial charge is 0.222 e. The molecule has 0 aromatic carbocycles. The van der Waals surface area contributed by atoms with Crippen LogP contribution >= 0.6 is 0 Å². The summed E-state index contributed by atoms with van der Waals surface area (Å²) in [6.45, 7) is 6.35. The molecule has 98 valence electrons. The van der Waals surface area contributed by atoms with E-state index in [-0.39, 0.29) is 5.91 Å². The van der Waals surface area contributed by atoms with Gasteiger partial charge in [0.25, 0.3) is 0 Å². The molecule has 5 nitrogen and oxygen atoms in total. The molecule has 1 aliphatic rings. The third-order valence-corrected chi connectivity index (χ3v) is 3.22. The van der Waals surface area contributed by atoms with E-state index < -0.39 is 0 Å². The van der Waals surface area contributed by atoms with Crippen molar-refractivity contribution in [1.82, 2.24) is 14.9 Å². The maximum atomic E-state index is 11.5. The van der Waals surface area contributed by atoms with Crippen LogP contribution in [0.1, 0.15) is 24.4 Å². The molecule has 1 fully saturated rings. The minimum Gasteiger partial charge on any atom is -0.358 e. The standard InChI is InChI=1S/C13H20N4O/c1-10-9-12(15-11(2)14-10)16(3)7-8-17-6-4-5-13(17)18/h9H,4-8H2,1-3H3. The van der Waals surface area contributed by atoms with Gasteiger partial charge in [-0.2, -0.15) is 0 Å². The Morgan fingerprint density at radius 3 is 2.78 bits per heavy atom. The van der Waals surface area contributed by atoms with Gasteiger partial charge in [0, 0.05) is 44.9 Å². The van der Waals surface area contributed by atoms with Crippen LogP contribution in [0.4, 0.5) is 5.82 Å². The van der Waals surface area contributed by atoms with Crippen molar-refractivity contribution in [1.29, 1.82) is 0 Å². The predicted molar refractivity (Wildman–Crippen MR) is 70.6 cm³/mol. The van der Waals surface area contributed by atoms with E-state index in [1.54, 1.807) is 0 Å². The fraction of sp³-hybridized carbons (Fsp3) is 0.615. The molecule has 0 N–H and O–H groups in total. The lowest BCUT2D eigenvalue weighted by molar-refractivity contribution is -0.127. The maximum Gasteiger partial charge on any atom is 0.222 e. The van der Waals surface area contributed by atoms with E-state index in [1.807, 2.05) is 31.9 Å². The molecular formula is C13H20N4O. The zero-order chi connectivity index (χ0) is 13.1. The van der Waals surface area contributed by atoms with Crippen molar-refractivity contribution in [3.63, 3.8) is 0 Å². The molecule has 0 saturated carbocycles. The van der Waals surface area contributed by atoms with Gasteiger partial charge in [-0.15, -0.1) is 0 Å². The molecule has 0 aliphatic carbocycles. The summed E-state index contributed by atoms with van der Waals surface area (Å²) in [5.74, 6) is 1.99. The summed E-state index contributed by atoms with van der Waals surface area (Å²) in [6.07, 6.45) is 1.70. The van der Waals surface area contributed by atoms with Crippen LogP contribution in [0.5, 0.6) is 0 Å². The molecule has 0 bridgehead atoms. The van der Waals surface area contributed by atoms with Gasteiger partial charge in [0.1, 0.15) is 11.6 Å². The number of rotatable bonds is 4. The highest BCUT2D eigenvalue weighted by Gasteiger charge is 2.20. The second-order valence-electron chi connectivity index (χ2n) is 4.82. The lowest BCUT2D eigenvalue weighted by atomic mass is 10.4. The summed E-state index contributed by atoms with van der Waals surface area (Å²) >= 11 is 0. The molecule has 0 spiro atoms. The average Bonchev–Trinajstić information content (AvgIpc) is 2.70. The Labute approximate surface area is 108 Å². The first kappa shape index (κ1) is 12.8. The summed E-state index contributed by atoms with van der Waals surface area (Å²) < 4.78 is 0. The molecule has 1 aliphatic heterocycles. The van der Waals surface area contributed by atoms with Crippen molar-refractivity contribution in [2.75, 3.05) is 31.6 Å². The van der Waals surface area contributed by atoms with E-state index in [9.17, 15) is 4.79 Å². The van der Waals surface area contributed by atoms with Crippen molar-refractivity contribution in [2.45, 2.75) is 26.7 Å². The normalized spacial score (nSPS) is 15.3. The Balaban J connectivity index is 1.94. The van der Waals surface area contributed by atoms with Crippen LogP contribution < -0.4 is 4.90 Å². The van der Waals surface area contributed by atoms with Crippen molar-refractivity contribution in [3.05, 3.63) is 17.6 Å². The van der Waals surface area contributed by atoms with Gasteiger partial charge in [-0.25, -0.2) is 9.97 Å². The molecule has 2 heterocycles. The third-order valence-electron chi connectivity index (χ3n) is 3.22. The van der Waals surface area contributed by atoms with E-state index in [2.05, 4.69) is 14.9 Å². The van der Waals surface area contributed by atoms with Gasteiger partial charge in [0.15, 0.2) is 0 Å². The van der Waals surface area contributed by atoms with Crippen molar-refractivity contribution < 1.29 is 4.79 Å². The highest BCUT2D eigenvalue weighted by Crippen LogP contribution is 2.12. The molecule has 0 atom stereocenters. The van der Waals surface area contributed by atoms with Crippen molar-refractivity contribution >= 4 is 11.7 Å². The molecule has 1 aromatic rings. The number of carbonyl (C=O) groups is 1. The number of nitrogens with zero attached hydrogens (tertiary/aromatic N) is 4. The number of likely N-dealkylation sites (N-methyl/N-ethyl adjacent to an activating group) is 1. The van der Waals surface area contributed by atoms with E-state index in [0.717, 1.165) is 43.4 Å². The summed E-state index contributed by atoms with van der Waals surface area (Å²) in [7, 11) is 2.00. The molecule has 1 amide bonds. The van der Waals surface area contributed by atoms with Gasteiger partial charge in [0.2, 0.25) is 5.91 Å². The zero-order valence-corrected chi connectivity index (χ0v) is 11.3. The SMILES string of the molecule is Cc1cc(N(C)CCN2CCCC2=O)nc(C)n1. The Morgan fingerprint density at radius 2 is 2.17 bits per heavy atom. The largest absolute Gasteiger partial charge is 0.358 e. The Bertz CT molecular complexity index is 426. The number of amides is 1. The molecule has 1 saturated heterocycles. The lowest BCUT2D eigenvalue weighted by Gasteiger charge is -2.22. The summed E-state index contributed by atoms with van der Waals surface area (Å²) in [6, 6.07) is 1.97. The van der Waals surface area contributed by atoms with Crippen LogP contribution in [0.25, 0.3) is 0 Å². The second-order valence-corrected chi connectivity index (χ2v) is 4.82. The average molecular weight is 248 g/mol. The second kappa shape index (κ2) is 5.33. The van der Waals surface area contributed by atoms with E-state index in [4.69, 9.17) is 0 Å². The summed E-state index contributed by atoms with van der Waals surface area (Å²) in [4.78, 5) is 24.2. The van der Waals surface area contributed by atoms with Crippen LogP contribution in [-0.4, -0.2) is 47.5 Å². The van der Waals surface area contributed by atoms with E-state index >= 15 is 0 Å². The van der Waals surface area contributed by atoms with Crippen LogP contribution in [0, 0.1) is 13.8 Å². The Kier molecular flexibility index (Phi) is 3.79. The lowest BCUT2D eigenvalue weighted by Crippen LogP contribution is -2.34. The van der Waals surface area contributed by atoms with Crippen LogP contribution in [0.3, 0.4) is 0 Å². The monoisotopic (exact) mass is 248 g/mol. The number of aromatic nitrogens is 2. The highest BCUT2D eigenvalue weighted by molar-refractivity contribution is 5.78. The quantitative estimate of drug-likeness (QED) is 0.802. The highest BCUT2D eigenvalue weighted by atomic mass is 16.2. The van der Waals surface area contributed by atoms with Gasteiger partial charge >= 0.3 is 0 Å². The molecule has 1 aromatic heterocycles. The topological polar surface area (TPSA) is 49.3 Å². The number of anilines is 1. The Morgan fingerprint density at radius 1 is 1.39 bits per heavy atom. The number of hydrogen-bond donors (Lipinski definition) is 0. The number of hydrogen-bond acceptors (Lipinski definition) is 4. The third kappa shape index (κ3) is 2.97. The minimum absolute atomic E-state index is 0.276. The number of aryl methyl sites for hydroxylation is 2. The van der Waals surface area contributed by atoms with Crippen LogP contribution in [0.15, 0.2) is 6.07 Å². The first-order chi connectivity index (χ1) is 8.56. The minimum atomic E-state index is 0.276.